The number of hydrogen-bond acceptors (Lipinski definition) is 8. The number of nitrogens with zero attached hydrogens (tertiary/aromatic N) is 2. The number of likely N-dealkylation sites (tertiary alicyclic amines) is 1. The monoisotopic (exact) mass is 461 g/mol. The summed E-state index contributed by atoms with van der Waals surface area (Å²) in [5.74, 6) is 2.63. The number of carbonyl (C=O) groups excluding carboxylic acids is 1. The zero-order valence-electron chi connectivity index (χ0n) is 20.3. The van der Waals surface area contributed by atoms with Gasteiger partial charge in [0, 0.05) is 57.5 Å². The van der Waals surface area contributed by atoms with E-state index in [1.54, 1.807) is 0 Å². The smallest absolute Gasteiger partial charge is 0.226 e. The normalized spacial score (nSPS) is 47.9. The molecule has 7 aliphatic rings. The van der Waals surface area contributed by atoms with Crippen molar-refractivity contribution in [1.29, 1.82) is 0 Å². The average molecular weight is 462 g/mol. The molecule has 6 aliphatic heterocycles. The first kappa shape index (κ1) is 22.6. The second-order valence-corrected chi connectivity index (χ2v) is 11.5. The Labute approximate surface area is 198 Å². The molecule has 9 nitrogen and oxygen atoms in total. The Bertz CT molecular complexity index is 689. The van der Waals surface area contributed by atoms with E-state index in [-0.39, 0.29) is 30.3 Å². The van der Waals surface area contributed by atoms with E-state index in [1.165, 1.54) is 32.5 Å². The van der Waals surface area contributed by atoms with Gasteiger partial charge in [0.1, 0.15) is 6.29 Å². The van der Waals surface area contributed by atoms with E-state index >= 15 is 0 Å². The van der Waals surface area contributed by atoms with Gasteiger partial charge in [-0.05, 0) is 63.8 Å². The molecule has 1 saturated carbocycles. The number of hydrogen-bond donors (Lipinski definition) is 5. The highest BCUT2D eigenvalue weighted by atomic mass is 16.5. The minimum atomic E-state index is -0.0688. The second-order valence-electron chi connectivity index (χ2n) is 11.5. The third kappa shape index (κ3) is 4.35. The van der Waals surface area contributed by atoms with Gasteiger partial charge in [-0.3, -0.25) is 25.8 Å². The van der Waals surface area contributed by atoms with Crippen molar-refractivity contribution in [2.45, 2.75) is 76.1 Å². The largest absolute Gasteiger partial charge is 0.376 e. The molecule has 8 unspecified atom stereocenters. The van der Waals surface area contributed by atoms with Crippen LogP contribution < -0.4 is 26.7 Å². The molecule has 0 spiro atoms. The van der Waals surface area contributed by atoms with Gasteiger partial charge in [-0.15, -0.1) is 0 Å². The molecule has 33 heavy (non-hydrogen) atoms. The Kier molecular flexibility index (Phi) is 6.40. The van der Waals surface area contributed by atoms with E-state index in [9.17, 15) is 4.79 Å². The maximum absolute atomic E-state index is 13.3. The first-order chi connectivity index (χ1) is 16.1. The van der Waals surface area contributed by atoms with Crippen molar-refractivity contribution in [2.24, 2.45) is 23.7 Å². The third-order valence-corrected chi connectivity index (χ3v) is 9.40. The molecule has 0 radical (unpaired) electrons. The lowest BCUT2D eigenvalue weighted by atomic mass is 9.68. The first-order valence-corrected chi connectivity index (χ1v) is 13.5. The van der Waals surface area contributed by atoms with Crippen molar-refractivity contribution in [3.63, 3.8) is 0 Å². The number of piperidine rings is 3. The van der Waals surface area contributed by atoms with Crippen LogP contribution in [0.2, 0.25) is 0 Å². The highest BCUT2D eigenvalue weighted by Gasteiger charge is 2.49. The molecule has 8 atom stereocenters. The van der Waals surface area contributed by atoms with Crippen LogP contribution in [0.5, 0.6) is 0 Å². The summed E-state index contributed by atoms with van der Waals surface area (Å²) in [4.78, 5) is 15.9. The van der Waals surface area contributed by atoms with Crippen molar-refractivity contribution in [2.75, 3.05) is 45.9 Å². The number of hydrazine groups is 1. The highest BCUT2D eigenvalue weighted by molar-refractivity contribution is 5.80. The Morgan fingerprint density at radius 1 is 1.03 bits per heavy atom. The van der Waals surface area contributed by atoms with Crippen LogP contribution in [-0.4, -0.2) is 98.3 Å². The minimum absolute atomic E-state index is 0.0433. The molecule has 186 valence electrons. The van der Waals surface area contributed by atoms with Gasteiger partial charge in [0.2, 0.25) is 5.91 Å². The lowest BCUT2D eigenvalue weighted by molar-refractivity contribution is -0.137. The van der Waals surface area contributed by atoms with Crippen LogP contribution in [0, 0.1) is 23.7 Å². The zero-order chi connectivity index (χ0) is 22.5. The number of ether oxygens (including phenoxy) is 1. The fraction of sp³-hybridized carbons (Fsp3) is 0.958. The molecular formula is C24H43N7O2. The predicted octanol–water partition coefficient (Wildman–Crippen LogP) is -0.730. The summed E-state index contributed by atoms with van der Waals surface area (Å²) < 4.78 is 6.02. The number of carbonyl (C=O) groups is 1. The molecular weight excluding hydrogens is 418 g/mol. The maximum atomic E-state index is 13.3. The molecule has 2 bridgehead atoms. The predicted molar refractivity (Wildman–Crippen MR) is 126 cm³/mol. The van der Waals surface area contributed by atoms with Crippen LogP contribution in [0.3, 0.4) is 0 Å². The SMILES string of the molecule is CCOC1CN2NC(C)CC2CC1C(=O)NC1CNC(N2CC3C4CCC(NC4)C3C2)NC1. The van der Waals surface area contributed by atoms with E-state index in [0.717, 1.165) is 56.3 Å². The number of fused-ring (bicyclic) bond motifs is 3. The van der Waals surface area contributed by atoms with E-state index in [2.05, 4.69) is 43.5 Å². The van der Waals surface area contributed by atoms with Gasteiger partial charge in [0.25, 0.3) is 0 Å². The summed E-state index contributed by atoms with van der Waals surface area (Å²) in [5.41, 5.74) is 3.54. The minimum Gasteiger partial charge on any atom is -0.376 e. The quantitative estimate of drug-likeness (QED) is 0.366. The van der Waals surface area contributed by atoms with Crippen molar-refractivity contribution < 1.29 is 9.53 Å². The van der Waals surface area contributed by atoms with Crippen LogP contribution in [0.15, 0.2) is 0 Å². The van der Waals surface area contributed by atoms with Crippen molar-refractivity contribution in [1.82, 2.24) is 36.6 Å². The Hall–Kier alpha value is -0.810. The summed E-state index contributed by atoms with van der Waals surface area (Å²) >= 11 is 0. The van der Waals surface area contributed by atoms with Crippen LogP contribution in [0.1, 0.15) is 39.5 Å². The summed E-state index contributed by atoms with van der Waals surface area (Å²) in [6.07, 6.45) is 4.93. The van der Waals surface area contributed by atoms with Crippen LogP contribution >= 0.6 is 0 Å². The van der Waals surface area contributed by atoms with E-state index < -0.39 is 0 Å². The van der Waals surface area contributed by atoms with E-state index in [0.29, 0.717) is 18.7 Å². The van der Waals surface area contributed by atoms with Gasteiger partial charge >= 0.3 is 0 Å². The average Bonchev–Trinajstić information content (AvgIpc) is 3.44. The zero-order valence-corrected chi connectivity index (χ0v) is 20.3. The van der Waals surface area contributed by atoms with Crippen LogP contribution in [-0.2, 0) is 9.53 Å². The molecule has 0 aromatic rings. The molecule has 1 aliphatic carbocycles. The lowest BCUT2D eigenvalue weighted by Gasteiger charge is -2.45. The van der Waals surface area contributed by atoms with Gasteiger partial charge in [-0.1, -0.05) is 0 Å². The fourth-order valence-electron chi connectivity index (χ4n) is 7.80. The van der Waals surface area contributed by atoms with Gasteiger partial charge in [0.15, 0.2) is 0 Å². The molecule has 0 aromatic heterocycles. The van der Waals surface area contributed by atoms with Gasteiger partial charge < -0.3 is 15.4 Å². The summed E-state index contributed by atoms with van der Waals surface area (Å²) in [6.45, 7) is 10.9. The molecule has 7 fully saturated rings. The topological polar surface area (TPSA) is 92.9 Å². The molecule has 1 amide bonds. The van der Waals surface area contributed by atoms with Crippen molar-refractivity contribution in [3.8, 4) is 0 Å². The molecule has 6 heterocycles. The van der Waals surface area contributed by atoms with Crippen molar-refractivity contribution in [3.05, 3.63) is 0 Å². The summed E-state index contributed by atoms with van der Waals surface area (Å²) in [6, 6.07) is 1.76. The van der Waals surface area contributed by atoms with E-state index in [4.69, 9.17) is 4.74 Å². The maximum Gasteiger partial charge on any atom is 0.226 e. The van der Waals surface area contributed by atoms with Crippen LogP contribution in [0.4, 0.5) is 0 Å². The third-order valence-electron chi connectivity index (χ3n) is 9.40. The van der Waals surface area contributed by atoms with Gasteiger partial charge in [-0.2, -0.15) is 0 Å². The van der Waals surface area contributed by atoms with Crippen molar-refractivity contribution >= 4 is 5.91 Å². The first-order valence-electron chi connectivity index (χ1n) is 13.5. The lowest BCUT2D eigenvalue weighted by Crippen LogP contribution is -2.66. The van der Waals surface area contributed by atoms with Crippen LogP contribution in [0.25, 0.3) is 0 Å². The molecule has 7 rings (SSSR count). The standard InChI is InChI=1S/C24H43N7O2/c1-3-33-22-13-31-17(6-14(2)29-31)7-18(22)23(32)28-16-9-26-24(27-10-16)30-11-19-15-4-5-21(25-8-15)20(19)12-30/h14-22,24-27,29H,3-13H2,1-2H3,(H,28,32). The number of nitrogens with one attached hydrogen (secondary N) is 5. The van der Waals surface area contributed by atoms with E-state index in [1.807, 2.05) is 6.92 Å². The Morgan fingerprint density at radius 2 is 1.85 bits per heavy atom. The Balaban J connectivity index is 1.01. The number of amides is 1. The molecule has 9 heteroatoms. The van der Waals surface area contributed by atoms with Gasteiger partial charge in [-0.25, -0.2) is 5.01 Å². The molecule has 0 aromatic carbocycles. The van der Waals surface area contributed by atoms with Gasteiger partial charge in [0.05, 0.1) is 18.1 Å². The molecule has 5 N–H and O–H groups in total. The summed E-state index contributed by atoms with van der Waals surface area (Å²) in [5, 5.41) is 16.8. The highest BCUT2D eigenvalue weighted by Crippen LogP contribution is 2.43. The fourth-order valence-corrected chi connectivity index (χ4v) is 7.80. The molecule has 6 saturated heterocycles. The summed E-state index contributed by atoms with van der Waals surface area (Å²) in [7, 11) is 0. The second kappa shape index (κ2) is 9.33. The Morgan fingerprint density at radius 3 is 2.58 bits per heavy atom. The number of rotatable bonds is 5.